The second-order valence-corrected chi connectivity index (χ2v) is 4.70. The molecular weight excluding hydrogens is 325 g/mol. The number of hydrogen-bond acceptors (Lipinski definition) is 1. The van der Waals surface area contributed by atoms with E-state index in [9.17, 15) is 8.78 Å². The van der Waals surface area contributed by atoms with E-state index >= 15 is 0 Å². The second kappa shape index (κ2) is 5.67. The molecule has 2 rings (SSSR count). The van der Waals surface area contributed by atoms with Gasteiger partial charge in [0.15, 0.2) is 11.6 Å². The fourth-order valence-electron chi connectivity index (χ4n) is 1.39. The van der Waals surface area contributed by atoms with Crippen LogP contribution in [0.4, 0.5) is 8.78 Å². The first kappa shape index (κ1) is 13.3. The Morgan fingerprint density at radius 1 is 1.06 bits per heavy atom. The van der Waals surface area contributed by atoms with Gasteiger partial charge in [0.05, 0.1) is 4.47 Å². The molecule has 0 radical (unpaired) electrons. The molecule has 94 valence electrons. The van der Waals surface area contributed by atoms with Gasteiger partial charge in [-0.2, -0.15) is 0 Å². The number of ether oxygens (including phenoxy) is 1. The largest absolute Gasteiger partial charge is 0.453 e. The van der Waals surface area contributed by atoms with E-state index in [1.807, 2.05) is 0 Å². The molecule has 2 aromatic carbocycles. The van der Waals surface area contributed by atoms with Gasteiger partial charge in [-0.15, -0.1) is 11.6 Å². The molecule has 0 aliphatic carbocycles. The van der Waals surface area contributed by atoms with Crippen molar-refractivity contribution in [2.45, 2.75) is 5.88 Å². The van der Waals surface area contributed by atoms with Crippen molar-refractivity contribution >= 4 is 27.5 Å². The van der Waals surface area contributed by atoms with Gasteiger partial charge in [-0.1, -0.05) is 6.07 Å². The summed E-state index contributed by atoms with van der Waals surface area (Å²) in [6.45, 7) is 0. The molecule has 0 atom stereocenters. The van der Waals surface area contributed by atoms with Crippen molar-refractivity contribution in [2.75, 3.05) is 0 Å². The Labute approximate surface area is 116 Å². The van der Waals surface area contributed by atoms with Gasteiger partial charge in [-0.3, -0.25) is 0 Å². The molecular formula is C13H8BrClF2O. The fourth-order valence-corrected chi connectivity index (χ4v) is 1.98. The van der Waals surface area contributed by atoms with Crippen LogP contribution in [0.1, 0.15) is 5.56 Å². The van der Waals surface area contributed by atoms with E-state index in [2.05, 4.69) is 15.9 Å². The Balaban J connectivity index is 2.28. The molecule has 18 heavy (non-hydrogen) atoms. The maximum atomic E-state index is 13.7. The van der Waals surface area contributed by atoms with E-state index in [0.717, 1.165) is 0 Å². The summed E-state index contributed by atoms with van der Waals surface area (Å²) < 4.78 is 32.3. The average Bonchev–Trinajstić information content (AvgIpc) is 2.34. The van der Waals surface area contributed by atoms with Crippen molar-refractivity contribution in [3.05, 3.63) is 58.1 Å². The predicted octanol–water partition coefficient (Wildman–Crippen LogP) is 5.26. The summed E-state index contributed by atoms with van der Waals surface area (Å²) in [7, 11) is 0. The molecule has 0 aliphatic heterocycles. The quantitative estimate of drug-likeness (QED) is 0.696. The number of hydrogen-bond donors (Lipinski definition) is 0. The van der Waals surface area contributed by atoms with Crippen LogP contribution in [0.5, 0.6) is 11.5 Å². The zero-order valence-corrected chi connectivity index (χ0v) is 11.4. The summed E-state index contributed by atoms with van der Waals surface area (Å²) in [6.07, 6.45) is 0. The third-order valence-electron chi connectivity index (χ3n) is 2.26. The third-order valence-corrected chi connectivity index (χ3v) is 3.19. The SMILES string of the molecule is Fc1ccc(Oc2ccc(CCl)cc2F)c(Br)c1. The van der Waals surface area contributed by atoms with Crippen LogP contribution in [0.15, 0.2) is 40.9 Å². The lowest BCUT2D eigenvalue weighted by Gasteiger charge is -2.09. The van der Waals surface area contributed by atoms with Crippen molar-refractivity contribution in [1.29, 1.82) is 0 Å². The first-order chi connectivity index (χ1) is 8.60. The first-order valence-corrected chi connectivity index (χ1v) is 6.40. The Kier molecular flexibility index (Phi) is 4.19. The molecule has 0 aromatic heterocycles. The van der Waals surface area contributed by atoms with Crippen LogP contribution in [0.2, 0.25) is 0 Å². The van der Waals surface area contributed by atoms with E-state index in [-0.39, 0.29) is 11.6 Å². The highest BCUT2D eigenvalue weighted by Gasteiger charge is 2.09. The van der Waals surface area contributed by atoms with Crippen LogP contribution < -0.4 is 4.74 Å². The number of rotatable bonds is 3. The Bertz CT molecular complexity index is 575. The highest BCUT2D eigenvalue weighted by molar-refractivity contribution is 9.10. The lowest BCUT2D eigenvalue weighted by Crippen LogP contribution is -1.91. The van der Waals surface area contributed by atoms with Crippen LogP contribution >= 0.6 is 27.5 Å². The molecule has 1 nitrogen and oxygen atoms in total. The smallest absolute Gasteiger partial charge is 0.166 e. The van der Waals surface area contributed by atoms with Crippen LogP contribution in [-0.4, -0.2) is 0 Å². The third kappa shape index (κ3) is 3.00. The van der Waals surface area contributed by atoms with Crippen molar-refractivity contribution in [3.63, 3.8) is 0 Å². The van der Waals surface area contributed by atoms with Gasteiger partial charge in [-0.25, -0.2) is 8.78 Å². The van der Waals surface area contributed by atoms with Crippen molar-refractivity contribution in [1.82, 2.24) is 0 Å². The lowest BCUT2D eigenvalue weighted by atomic mass is 10.2. The fraction of sp³-hybridized carbons (Fsp3) is 0.0769. The van der Waals surface area contributed by atoms with Crippen LogP contribution in [0, 0.1) is 11.6 Å². The van der Waals surface area contributed by atoms with Crippen LogP contribution in [0.25, 0.3) is 0 Å². The molecule has 0 aliphatic rings. The summed E-state index contributed by atoms with van der Waals surface area (Å²) >= 11 is 8.75. The molecule has 0 spiro atoms. The van der Waals surface area contributed by atoms with Gasteiger partial charge in [0, 0.05) is 5.88 Å². The monoisotopic (exact) mass is 332 g/mol. The average molecular weight is 334 g/mol. The molecule has 5 heteroatoms. The molecule has 0 bridgehead atoms. The van der Waals surface area contributed by atoms with E-state index < -0.39 is 11.6 Å². The summed E-state index contributed by atoms with van der Waals surface area (Å²) in [6, 6.07) is 8.38. The summed E-state index contributed by atoms with van der Waals surface area (Å²) in [5, 5.41) is 0. The molecule has 0 amide bonds. The van der Waals surface area contributed by atoms with Gasteiger partial charge in [0.25, 0.3) is 0 Å². The minimum atomic E-state index is -0.510. The molecule has 0 heterocycles. The van der Waals surface area contributed by atoms with Gasteiger partial charge in [0.2, 0.25) is 0 Å². The van der Waals surface area contributed by atoms with Crippen LogP contribution in [0.3, 0.4) is 0 Å². The maximum absolute atomic E-state index is 13.7. The molecule has 0 N–H and O–H groups in total. The maximum Gasteiger partial charge on any atom is 0.166 e. The van der Waals surface area contributed by atoms with Crippen molar-refractivity contribution in [2.24, 2.45) is 0 Å². The molecule has 2 aromatic rings. The van der Waals surface area contributed by atoms with Gasteiger partial charge in [-0.05, 0) is 51.8 Å². The number of alkyl halides is 1. The molecule has 0 saturated heterocycles. The highest BCUT2D eigenvalue weighted by atomic mass is 79.9. The molecule has 0 fully saturated rings. The predicted molar refractivity (Wildman–Crippen MR) is 70.1 cm³/mol. The number of benzene rings is 2. The Morgan fingerprint density at radius 3 is 2.39 bits per heavy atom. The van der Waals surface area contributed by atoms with E-state index in [4.69, 9.17) is 16.3 Å². The standard InChI is InChI=1S/C13H8BrClF2O/c14-10-6-9(16)2-4-12(10)18-13-3-1-8(7-15)5-11(13)17/h1-6H,7H2. The van der Waals surface area contributed by atoms with Crippen LogP contribution in [-0.2, 0) is 5.88 Å². The van der Waals surface area contributed by atoms with Gasteiger partial charge >= 0.3 is 0 Å². The minimum Gasteiger partial charge on any atom is -0.453 e. The zero-order chi connectivity index (χ0) is 13.1. The van der Waals surface area contributed by atoms with Crippen molar-refractivity contribution in [3.8, 4) is 11.5 Å². The summed E-state index contributed by atoms with van der Waals surface area (Å²) in [4.78, 5) is 0. The van der Waals surface area contributed by atoms with Crippen molar-refractivity contribution < 1.29 is 13.5 Å². The molecule has 0 unspecified atom stereocenters. The highest BCUT2D eigenvalue weighted by Crippen LogP contribution is 2.31. The Hall–Kier alpha value is -1.13. The summed E-state index contributed by atoms with van der Waals surface area (Å²) in [5.74, 6) is -0.265. The lowest BCUT2D eigenvalue weighted by molar-refractivity contribution is 0.438. The molecule has 0 saturated carbocycles. The summed E-state index contributed by atoms with van der Waals surface area (Å²) in [5.41, 5.74) is 0.666. The van der Waals surface area contributed by atoms with Gasteiger partial charge < -0.3 is 4.74 Å². The van der Waals surface area contributed by atoms with E-state index in [0.29, 0.717) is 15.8 Å². The topological polar surface area (TPSA) is 9.23 Å². The minimum absolute atomic E-state index is 0.0659. The van der Waals surface area contributed by atoms with Gasteiger partial charge in [0.1, 0.15) is 11.6 Å². The zero-order valence-electron chi connectivity index (χ0n) is 9.09. The Morgan fingerprint density at radius 2 is 1.78 bits per heavy atom. The normalized spacial score (nSPS) is 10.4. The second-order valence-electron chi connectivity index (χ2n) is 3.58. The van der Waals surface area contributed by atoms with E-state index in [1.54, 1.807) is 6.07 Å². The number of halogens is 4. The van der Waals surface area contributed by atoms with E-state index in [1.165, 1.54) is 30.3 Å². The first-order valence-electron chi connectivity index (χ1n) is 5.07.